The third-order valence-electron chi connectivity index (χ3n) is 3.38. The van der Waals surface area contributed by atoms with Crippen molar-refractivity contribution in [2.24, 2.45) is 0 Å². The van der Waals surface area contributed by atoms with E-state index in [1.54, 1.807) is 19.2 Å². The molecule has 25 heavy (non-hydrogen) atoms. The van der Waals surface area contributed by atoms with Gasteiger partial charge >= 0.3 is 18.9 Å². The molecule has 0 fully saturated rings. The Kier molecular flexibility index (Phi) is 8.86. The first-order valence-corrected chi connectivity index (χ1v) is 8.47. The minimum absolute atomic E-state index is 0. The maximum atomic E-state index is 12.9. The summed E-state index contributed by atoms with van der Waals surface area (Å²) in [6, 6.07) is 10.9. The quantitative estimate of drug-likeness (QED) is 0.538. The van der Waals surface area contributed by atoms with Crippen molar-refractivity contribution in [1.29, 1.82) is 0 Å². The van der Waals surface area contributed by atoms with Crippen molar-refractivity contribution in [2.45, 2.75) is 6.92 Å². The second kappa shape index (κ2) is 10.4. The number of hydrogen-bond donors (Lipinski definition) is 0. The third kappa shape index (κ3) is 5.15. The van der Waals surface area contributed by atoms with Crippen LogP contribution in [0.4, 0.5) is 0 Å². The number of methoxy groups -OCH3 is 3. The molecule has 0 saturated heterocycles. The van der Waals surface area contributed by atoms with Crippen molar-refractivity contribution in [2.75, 3.05) is 27.9 Å². The Bertz CT molecular complexity index is 695. The van der Waals surface area contributed by atoms with Gasteiger partial charge < -0.3 is 18.9 Å². The molecule has 2 aromatic rings. The van der Waals surface area contributed by atoms with E-state index < -0.39 is 0 Å². The van der Waals surface area contributed by atoms with Gasteiger partial charge in [-0.25, -0.2) is 0 Å². The summed E-state index contributed by atoms with van der Waals surface area (Å²) >= 11 is 0. The Balaban J connectivity index is 0.00000312. The van der Waals surface area contributed by atoms with Crippen LogP contribution in [0.5, 0.6) is 23.0 Å². The van der Waals surface area contributed by atoms with E-state index in [1.165, 1.54) is 14.2 Å². The van der Waals surface area contributed by atoms with Crippen LogP contribution in [0, 0.1) is 0 Å². The second-order valence-corrected chi connectivity index (χ2v) is 6.03. The number of rotatable bonds is 8. The summed E-state index contributed by atoms with van der Waals surface area (Å²) in [5.74, 6) is 2.15. The molecule has 0 radical (unpaired) electrons. The van der Waals surface area contributed by atoms with E-state index in [1.807, 2.05) is 31.2 Å². The van der Waals surface area contributed by atoms with Gasteiger partial charge in [-0.1, -0.05) is 18.2 Å². The fourth-order valence-electron chi connectivity index (χ4n) is 2.27. The standard InChI is InChI=1S/C18H21O5P.Li.H/c1-5-23-13-8-6-7-9-16(13)24-18(19)17-14(21-3)10-12(20-2)11-15(17)22-4;;/h6-11,24H,5H2,1-4H3;;. The van der Waals surface area contributed by atoms with E-state index in [0.717, 1.165) is 11.1 Å². The second-order valence-electron chi connectivity index (χ2n) is 4.79. The van der Waals surface area contributed by atoms with E-state index >= 15 is 0 Å². The molecule has 130 valence electrons. The van der Waals surface area contributed by atoms with Crippen molar-refractivity contribution >= 4 is 38.3 Å². The first-order valence-electron chi connectivity index (χ1n) is 7.47. The maximum absolute atomic E-state index is 12.9. The molecule has 5 nitrogen and oxygen atoms in total. The number of ether oxygens (including phenoxy) is 4. The average molecular weight is 356 g/mol. The molecule has 7 heteroatoms. The van der Waals surface area contributed by atoms with Gasteiger partial charge in [-0.05, 0) is 21.6 Å². The summed E-state index contributed by atoms with van der Waals surface area (Å²) in [7, 11) is 4.48. The molecular formula is C18H22LiO5P. The first-order chi connectivity index (χ1) is 11.6. The van der Waals surface area contributed by atoms with E-state index in [2.05, 4.69) is 0 Å². The average Bonchev–Trinajstić information content (AvgIpc) is 2.62. The summed E-state index contributed by atoms with van der Waals surface area (Å²) in [5.41, 5.74) is 0.323. The zero-order valence-corrected chi connectivity index (χ0v) is 15.2. The molecule has 0 amide bonds. The molecule has 0 saturated carbocycles. The fourth-order valence-corrected chi connectivity index (χ4v) is 3.34. The summed E-state index contributed by atoms with van der Waals surface area (Å²) in [5, 5.41) is 0.851. The number of para-hydroxylation sites is 1. The molecule has 0 aliphatic carbocycles. The molecule has 0 aliphatic rings. The molecule has 2 rings (SSSR count). The summed E-state index contributed by atoms with van der Waals surface area (Å²) in [4.78, 5) is 12.9. The Morgan fingerprint density at radius 3 is 2.08 bits per heavy atom. The SMILES string of the molecule is CCOc1ccccc1PC(=O)c1c(OC)cc(OC)cc1OC.[LiH]. The fraction of sp³-hybridized carbons (Fsp3) is 0.278. The molecule has 1 unspecified atom stereocenters. The molecule has 2 aromatic carbocycles. The minimum atomic E-state index is -0.104. The van der Waals surface area contributed by atoms with Crippen LogP contribution in [0.2, 0.25) is 0 Å². The number of hydrogen-bond acceptors (Lipinski definition) is 5. The van der Waals surface area contributed by atoms with Crippen LogP contribution in [0.3, 0.4) is 0 Å². The number of benzene rings is 2. The molecular weight excluding hydrogens is 334 g/mol. The van der Waals surface area contributed by atoms with Crippen LogP contribution in [-0.4, -0.2) is 52.3 Å². The van der Waals surface area contributed by atoms with E-state index in [4.69, 9.17) is 18.9 Å². The Hall–Kier alpha value is -1.66. The van der Waals surface area contributed by atoms with Gasteiger partial charge in [-0.3, -0.25) is 4.79 Å². The van der Waals surface area contributed by atoms with Gasteiger partial charge in [-0.2, -0.15) is 0 Å². The first kappa shape index (κ1) is 21.4. The molecule has 0 aliphatic heterocycles. The van der Waals surface area contributed by atoms with Gasteiger partial charge in [0.05, 0.1) is 27.9 Å². The predicted octanol–water partition coefficient (Wildman–Crippen LogP) is 2.61. The summed E-state index contributed by atoms with van der Waals surface area (Å²) < 4.78 is 21.5. The monoisotopic (exact) mass is 356 g/mol. The van der Waals surface area contributed by atoms with Crippen molar-refractivity contribution in [3.8, 4) is 23.0 Å². The number of carbonyl (C=O) groups excluding carboxylic acids is 1. The normalized spacial score (nSPS) is 10.2. The summed E-state index contributed by atoms with van der Waals surface area (Å²) in [6.45, 7) is 2.46. The van der Waals surface area contributed by atoms with Crippen LogP contribution in [0.1, 0.15) is 17.3 Å². The molecule has 0 N–H and O–H groups in total. The van der Waals surface area contributed by atoms with Crippen LogP contribution in [0.25, 0.3) is 0 Å². The Morgan fingerprint density at radius 1 is 0.960 bits per heavy atom. The Labute approximate surface area is 162 Å². The van der Waals surface area contributed by atoms with E-state index in [0.29, 0.717) is 29.4 Å². The third-order valence-corrected chi connectivity index (χ3v) is 4.54. The van der Waals surface area contributed by atoms with Crippen LogP contribution in [-0.2, 0) is 0 Å². The van der Waals surface area contributed by atoms with Gasteiger partial charge in [-0.15, -0.1) is 0 Å². The molecule has 1 atom stereocenters. The van der Waals surface area contributed by atoms with Crippen molar-refractivity contribution in [3.05, 3.63) is 42.0 Å². The van der Waals surface area contributed by atoms with Crippen molar-refractivity contribution in [3.63, 3.8) is 0 Å². The molecule has 0 bridgehead atoms. The van der Waals surface area contributed by atoms with Crippen molar-refractivity contribution in [1.82, 2.24) is 0 Å². The molecule has 0 spiro atoms. The number of carbonyl (C=O) groups is 1. The Morgan fingerprint density at radius 2 is 1.56 bits per heavy atom. The zero-order valence-electron chi connectivity index (χ0n) is 14.2. The van der Waals surface area contributed by atoms with Gasteiger partial charge in [0.25, 0.3) is 0 Å². The van der Waals surface area contributed by atoms with Crippen LogP contribution in [0.15, 0.2) is 36.4 Å². The van der Waals surface area contributed by atoms with Gasteiger partial charge in [0, 0.05) is 17.4 Å². The zero-order chi connectivity index (χ0) is 17.5. The van der Waals surface area contributed by atoms with Gasteiger partial charge in [0.1, 0.15) is 28.6 Å². The van der Waals surface area contributed by atoms with Gasteiger partial charge in [0.15, 0.2) is 5.52 Å². The van der Waals surface area contributed by atoms with Crippen LogP contribution < -0.4 is 24.3 Å². The van der Waals surface area contributed by atoms with Gasteiger partial charge in [0.2, 0.25) is 0 Å². The predicted molar refractivity (Wildman–Crippen MR) is 103 cm³/mol. The van der Waals surface area contributed by atoms with E-state index in [9.17, 15) is 4.79 Å². The molecule has 0 heterocycles. The topological polar surface area (TPSA) is 54.0 Å². The molecule has 0 aromatic heterocycles. The van der Waals surface area contributed by atoms with Crippen LogP contribution >= 0.6 is 8.58 Å². The van der Waals surface area contributed by atoms with E-state index in [-0.39, 0.29) is 33.0 Å². The van der Waals surface area contributed by atoms with Crippen molar-refractivity contribution < 1.29 is 23.7 Å². The summed E-state index contributed by atoms with van der Waals surface area (Å²) in [6.07, 6.45) is 0.